The van der Waals surface area contributed by atoms with E-state index in [9.17, 15) is 9.90 Å². The fourth-order valence-corrected chi connectivity index (χ4v) is 2.27. The Bertz CT molecular complexity index is 393. The fraction of sp³-hybridized carbons (Fsp3) is 0.500. The smallest absolute Gasteiger partial charge is 0.224 e. The van der Waals surface area contributed by atoms with E-state index in [2.05, 4.69) is 35.1 Å². The van der Waals surface area contributed by atoms with Crippen molar-refractivity contribution in [3.63, 3.8) is 0 Å². The summed E-state index contributed by atoms with van der Waals surface area (Å²) in [6.07, 6.45) is 1.16. The molecule has 1 unspecified atom stereocenters. The van der Waals surface area contributed by atoms with Crippen molar-refractivity contribution in [1.82, 2.24) is 5.32 Å². The van der Waals surface area contributed by atoms with Crippen molar-refractivity contribution in [1.29, 1.82) is 0 Å². The van der Waals surface area contributed by atoms with Crippen LogP contribution in [0.2, 0.25) is 0 Å². The van der Waals surface area contributed by atoms with Crippen LogP contribution in [-0.4, -0.2) is 22.4 Å². The van der Waals surface area contributed by atoms with E-state index in [0.717, 1.165) is 11.8 Å². The van der Waals surface area contributed by atoms with Gasteiger partial charge < -0.3 is 10.4 Å². The molecule has 1 rings (SSSR count). The van der Waals surface area contributed by atoms with E-state index in [-0.39, 0.29) is 24.1 Å². The molecule has 18 heavy (non-hydrogen) atoms. The Morgan fingerprint density at radius 3 is 2.61 bits per heavy atom. The number of para-hydroxylation sites is 1. The van der Waals surface area contributed by atoms with Crippen LogP contribution in [0.1, 0.15) is 25.8 Å². The minimum atomic E-state index is -0.0541. The lowest BCUT2D eigenvalue weighted by Gasteiger charge is -2.18. The van der Waals surface area contributed by atoms with Gasteiger partial charge in [0.25, 0.3) is 0 Å². The summed E-state index contributed by atoms with van der Waals surface area (Å²) in [6.45, 7) is 4.26. The number of nitrogens with one attached hydrogen (secondary N) is 1. The van der Waals surface area contributed by atoms with E-state index < -0.39 is 0 Å². The lowest BCUT2D eigenvalue weighted by Crippen LogP contribution is -2.37. The molecular weight excluding hydrogens is 294 g/mol. The zero-order chi connectivity index (χ0) is 13.5. The molecule has 0 heterocycles. The molecule has 2 N–H and O–H groups in total. The maximum absolute atomic E-state index is 11.9. The molecule has 1 atom stereocenters. The molecule has 1 aromatic rings. The summed E-state index contributed by atoms with van der Waals surface area (Å²) in [4.78, 5) is 11.9. The molecule has 1 aromatic carbocycles. The van der Waals surface area contributed by atoms with Gasteiger partial charge in [0.1, 0.15) is 5.75 Å². The standard InChI is InChI=1S/C14H20BrNO2/c1-10(2)7-12(9-15)16-14(18)8-11-5-3-4-6-13(11)17/h3-6,10,12,17H,7-9H2,1-2H3,(H,16,18). The maximum Gasteiger partial charge on any atom is 0.224 e. The molecule has 0 spiro atoms. The third kappa shape index (κ3) is 5.08. The van der Waals surface area contributed by atoms with Gasteiger partial charge in [0.15, 0.2) is 0 Å². The summed E-state index contributed by atoms with van der Waals surface area (Å²) in [5.74, 6) is 0.659. The van der Waals surface area contributed by atoms with Gasteiger partial charge in [0.2, 0.25) is 5.91 Å². The predicted molar refractivity (Wildman–Crippen MR) is 77.0 cm³/mol. The molecule has 0 aromatic heterocycles. The van der Waals surface area contributed by atoms with Gasteiger partial charge in [0.05, 0.1) is 6.42 Å². The van der Waals surface area contributed by atoms with Gasteiger partial charge in [-0.2, -0.15) is 0 Å². The number of hydrogen-bond acceptors (Lipinski definition) is 2. The Labute approximate surface area is 117 Å². The summed E-state index contributed by atoms with van der Waals surface area (Å²) < 4.78 is 0. The predicted octanol–water partition coefficient (Wildman–Crippen LogP) is 2.86. The van der Waals surface area contributed by atoms with E-state index in [1.165, 1.54) is 0 Å². The summed E-state index contributed by atoms with van der Waals surface area (Å²) in [5, 5.41) is 13.3. The first-order valence-electron chi connectivity index (χ1n) is 6.15. The van der Waals surface area contributed by atoms with Crippen LogP contribution in [0.25, 0.3) is 0 Å². The Balaban J connectivity index is 2.53. The van der Waals surface area contributed by atoms with Crippen LogP contribution in [-0.2, 0) is 11.2 Å². The molecule has 3 nitrogen and oxygen atoms in total. The molecule has 4 heteroatoms. The van der Waals surface area contributed by atoms with Gasteiger partial charge in [-0.3, -0.25) is 4.79 Å². The molecule has 0 aliphatic rings. The highest BCUT2D eigenvalue weighted by Gasteiger charge is 2.14. The van der Waals surface area contributed by atoms with Crippen molar-refractivity contribution in [2.45, 2.75) is 32.7 Å². The highest BCUT2D eigenvalue weighted by Crippen LogP contribution is 2.16. The molecule has 0 bridgehead atoms. The number of carbonyl (C=O) groups excluding carboxylic acids is 1. The molecule has 0 aliphatic heterocycles. The van der Waals surface area contributed by atoms with Crippen molar-refractivity contribution < 1.29 is 9.90 Å². The Morgan fingerprint density at radius 1 is 1.39 bits per heavy atom. The highest BCUT2D eigenvalue weighted by molar-refractivity contribution is 9.09. The molecule has 1 amide bonds. The summed E-state index contributed by atoms with van der Waals surface area (Å²) in [7, 11) is 0. The SMILES string of the molecule is CC(C)CC(CBr)NC(=O)Cc1ccccc1O. The van der Waals surface area contributed by atoms with Crippen LogP contribution < -0.4 is 5.32 Å². The first-order valence-corrected chi connectivity index (χ1v) is 7.27. The normalized spacial score (nSPS) is 12.4. The quantitative estimate of drug-likeness (QED) is 0.793. The van der Waals surface area contributed by atoms with Crippen molar-refractivity contribution >= 4 is 21.8 Å². The molecule has 0 saturated carbocycles. The minimum absolute atomic E-state index is 0.0541. The van der Waals surface area contributed by atoms with Crippen molar-refractivity contribution in [2.24, 2.45) is 5.92 Å². The molecular formula is C14H20BrNO2. The Morgan fingerprint density at radius 2 is 2.06 bits per heavy atom. The first-order chi connectivity index (χ1) is 8.52. The Kier molecular flexibility index (Phi) is 6.19. The number of hydrogen-bond donors (Lipinski definition) is 2. The zero-order valence-electron chi connectivity index (χ0n) is 10.8. The number of rotatable bonds is 6. The van der Waals surface area contributed by atoms with Gasteiger partial charge in [0, 0.05) is 16.9 Å². The first kappa shape index (κ1) is 15.0. The van der Waals surface area contributed by atoms with Crippen LogP contribution in [0, 0.1) is 5.92 Å². The van der Waals surface area contributed by atoms with Crippen LogP contribution >= 0.6 is 15.9 Å². The zero-order valence-corrected chi connectivity index (χ0v) is 12.4. The fourth-order valence-electron chi connectivity index (χ4n) is 1.84. The number of alkyl halides is 1. The number of benzene rings is 1. The average Bonchev–Trinajstić information content (AvgIpc) is 2.30. The summed E-state index contributed by atoms with van der Waals surface area (Å²) >= 11 is 3.41. The molecule has 100 valence electrons. The lowest BCUT2D eigenvalue weighted by atomic mass is 10.0. The van der Waals surface area contributed by atoms with E-state index in [4.69, 9.17) is 0 Å². The lowest BCUT2D eigenvalue weighted by molar-refractivity contribution is -0.121. The minimum Gasteiger partial charge on any atom is -0.508 e. The van der Waals surface area contributed by atoms with Crippen LogP contribution in [0.4, 0.5) is 0 Å². The van der Waals surface area contributed by atoms with Crippen molar-refractivity contribution in [3.05, 3.63) is 29.8 Å². The van der Waals surface area contributed by atoms with Crippen LogP contribution in [0.5, 0.6) is 5.75 Å². The second kappa shape index (κ2) is 7.41. The number of phenolic OH excluding ortho intramolecular Hbond substituents is 1. The third-order valence-corrected chi connectivity index (χ3v) is 3.43. The molecule has 0 saturated heterocycles. The van der Waals surface area contributed by atoms with Crippen LogP contribution in [0.15, 0.2) is 24.3 Å². The van der Waals surface area contributed by atoms with Crippen LogP contribution in [0.3, 0.4) is 0 Å². The number of carbonyl (C=O) groups is 1. The molecule has 0 fully saturated rings. The molecule has 0 aliphatic carbocycles. The highest BCUT2D eigenvalue weighted by atomic mass is 79.9. The number of halogens is 1. The van der Waals surface area contributed by atoms with Gasteiger partial charge in [-0.25, -0.2) is 0 Å². The van der Waals surface area contributed by atoms with E-state index in [1.54, 1.807) is 18.2 Å². The van der Waals surface area contributed by atoms with E-state index in [1.807, 2.05) is 6.07 Å². The van der Waals surface area contributed by atoms with E-state index in [0.29, 0.717) is 11.5 Å². The second-order valence-electron chi connectivity index (χ2n) is 4.85. The third-order valence-electron chi connectivity index (χ3n) is 2.65. The van der Waals surface area contributed by atoms with E-state index >= 15 is 0 Å². The topological polar surface area (TPSA) is 49.3 Å². The summed E-state index contributed by atoms with van der Waals surface area (Å²) in [6, 6.07) is 7.07. The van der Waals surface area contributed by atoms with Gasteiger partial charge >= 0.3 is 0 Å². The monoisotopic (exact) mass is 313 g/mol. The number of amides is 1. The van der Waals surface area contributed by atoms with Gasteiger partial charge in [-0.15, -0.1) is 0 Å². The van der Waals surface area contributed by atoms with Crippen molar-refractivity contribution in [3.8, 4) is 5.75 Å². The largest absolute Gasteiger partial charge is 0.508 e. The average molecular weight is 314 g/mol. The number of aromatic hydroxyl groups is 1. The van der Waals surface area contributed by atoms with Gasteiger partial charge in [-0.05, 0) is 18.4 Å². The maximum atomic E-state index is 11.9. The Hall–Kier alpha value is -1.03. The number of phenols is 1. The summed E-state index contributed by atoms with van der Waals surface area (Å²) in [5.41, 5.74) is 0.660. The van der Waals surface area contributed by atoms with Crippen molar-refractivity contribution in [2.75, 3.05) is 5.33 Å². The second-order valence-corrected chi connectivity index (χ2v) is 5.50. The van der Waals surface area contributed by atoms with Gasteiger partial charge in [-0.1, -0.05) is 48.0 Å². The molecule has 0 radical (unpaired) electrons.